The Kier molecular flexibility index (Phi) is 4.74. The number of pyridine rings is 1. The van der Waals surface area contributed by atoms with Crippen LogP contribution in [0.15, 0.2) is 35.8 Å². The Bertz CT molecular complexity index is 566. The monoisotopic (exact) mass is 289 g/mol. The predicted molar refractivity (Wildman–Crippen MR) is 83.1 cm³/mol. The maximum Gasteiger partial charge on any atom is 0.258 e. The molecule has 0 radical (unpaired) electrons. The maximum atomic E-state index is 12.7. The average Bonchev–Trinajstić information content (AvgIpc) is 2.96. The minimum Gasteiger partial charge on any atom is -0.372 e. The van der Waals surface area contributed by atoms with Gasteiger partial charge in [-0.05, 0) is 37.4 Å². The largest absolute Gasteiger partial charge is 0.372 e. The molecule has 1 amide bonds. The van der Waals surface area contributed by atoms with Gasteiger partial charge in [0.2, 0.25) is 0 Å². The van der Waals surface area contributed by atoms with Crippen LogP contribution < -0.4 is 5.32 Å². The van der Waals surface area contributed by atoms with Crippen LogP contribution in [0.2, 0.25) is 0 Å². The number of nitrogens with zero attached hydrogens (tertiary/aromatic N) is 2. The van der Waals surface area contributed by atoms with Crippen LogP contribution in [0.3, 0.4) is 0 Å². The molecule has 4 nitrogen and oxygen atoms in total. The SMILES string of the molecule is CNc1ncccc1C(=O)N(Cc1cccs1)C(C)C. The third kappa shape index (κ3) is 3.17. The minimum atomic E-state index is 0.00542. The zero-order valence-corrected chi connectivity index (χ0v) is 12.8. The summed E-state index contributed by atoms with van der Waals surface area (Å²) in [4.78, 5) is 20.0. The molecule has 0 fully saturated rings. The molecule has 0 aromatic carbocycles. The fraction of sp³-hybridized carbons (Fsp3) is 0.333. The molecule has 0 aliphatic heterocycles. The Morgan fingerprint density at radius 1 is 1.40 bits per heavy atom. The van der Waals surface area contributed by atoms with Gasteiger partial charge in [0.05, 0.1) is 12.1 Å². The number of aromatic nitrogens is 1. The molecule has 2 heterocycles. The highest BCUT2D eigenvalue weighted by atomic mass is 32.1. The van der Waals surface area contributed by atoms with Crippen molar-refractivity contribution < 1.29 is 4.79 Å². The first-order valence-electron chi connectivity index (χ1n) is 6.59. The molecule has 20 heavy (non-hydrogen) atoms. The van der Waals surface area contributed by atoms with E-state index in [-0.39, 0.29) is 11.9 Å². The number of nitrogens with one attached hydrogen (secondary N) is 1. The van der Waals surface area contributed by atoms with Crippen LogP contribution in [-0.2, 0) is 6.54 Å². The predicted octanol–water partition coefficient (Wildman–Crippen LogP) is 3.24. The van der Waals surface area contributed by atoms with Gasteiger partial charge >= 0.3 is 0 Å². The number of hydrogen-bond donors (Lipinski definition) is 1. The third-order valence-corrected chi connectivity index (χ3v) is 3.93. The van der Waals surface area contributed by atoms with E-state index in [4.69, 9.17) is 0 Å². The summed E-state index contributed by atoms with van der Waals surface area (Å²) in [5.41, 5.74) is 0.611. The number of rotatable bonds is 5. The Hall–Kier alpha value is -1.88. The van der Waals surface area contributed by atoms with Crippen LogP contribution in [0.5, 0.6) is 0 Å². The summed E-state index contributed by atoms with van der Waals surface area (Å²) in [7, 11) is 1.78. The van der Waals surface area contributed by atoms with Crippen molar-refractivity contribution in [3.63, 3.8) is 0 Å². The Morgan fingerprint density at radius 2 is 2.20 bits per heavy atom. The number of thiophene rings is 1. The highest BCUT2D eigenvalue weighted by Crippen LogP contribution is 2.19. The standard InChI is InChI=1S/C15H19N3OS/c1-11(2)18(10-12-6-5-9-20-12)15(19)13-7-4-8-17-14(13)16-3/h4-9,11H,10H2,1-3H3,(H,16,17). The smallest absolute Gasteiger partial charge is 0.258 e. The van der Waals surface area contributed by atoms with Crippen molar-refractivity contribution in [1.29, 1.82) is 0 Å². The van der Waals surface area contributed by atoms with Gasteiger partial charge in [-0.1, -0.05) is 6.07 Å². The van der Waals surface area contributed by atoms with E-state index in [1.54, 1.807) is 30.6 Å². The van der Waals surface area contributed by atoms with Crippen LogP contribution in [0.4, 0.5) is 5.82 Å². The lowest BCUT2D eigenvalue weighted by atomic mass is 10.2. The van der Waals surface area contributed by atoms with Crippen LogP contribution in [0.25, 0.3) is 0 Å². The van der Waals surface area contributed by atoms with Gasteiger partial charge in [-0.2, -0.15) is 0 Å². The van der Waals surface area contributed by atoms with E-state index in [0.717, 1.165) is 0 Å². The molecule has 0 saturated heterocycles. The van der Waals surface area contributed by atoms with E-state index in [1.807, 2.05) is 36.3 Å². The summed E-state index contributed by atoms with van der Waals surface area (Å²) >= 11 is 1.67. The Labute approximate surface area is 123 Å². The number of anilines is 1. The van der Waals surface area contributed by atoms with Crippen molar-refractivity contribution in [2.24, 2.45) is 0 Å². The van der Waals surface area contributed by atoms with E-state index in [1.165, 1.54) is 4.88 Å². The first-order chi connectivity index (χ1) is 9.63. The molecule has 2 rings (SSSR count). The fourth-order valence-corrected chi connectivity index (χ4v) is 2.69. The molecule has 0 aliphatic rings. The van der Waals surface area contributed by atoms with Gasteiger partial charge in [-0.3, -0.25) is 4.79 Å². The molecule has 0 atom stereocenters. The zero-order chi connectivity index (χ0) is 14.5. The molecular weight excluding hydrogens is 270 g/mol. The van der Waals surface area contributed by atoms with Crippen molar-refractivity contribution in [3.05, 3.63) is 46.3 Å². The van der Waals surface area contributed by atoms with Gasteiger partial charge in [-0.25, -0.2) is 4.98 Å². The average molecular weight is 289 g/mol. The minimum absolute atomic E-state index is 0.00542. The fourth-order valence-electron chi connectivity index (χ4n) is 1.99. The molecule has 0 aliphatic carbocycles. The molecule has 2 aromatic heterocycles. The molecule has 106 valence electrons. The molecule has 0 spiro atoms. The summed E-state index contributed by atoms with van der Waals surface area (Å²) < 4.78 is 0. The number of carbonyl (C=O) groups excluding carboxylic acids is 1. The molecule has 0 saturated carbocycles. The second-order valence-corrected chi connectivity index (χ2v) is 5.79. The van der Waals surface area contributed by atoms with Gasteiger partial charge in [0, 0.05) is 24.2 Å². The van der Waals surface area contributed by atoms with Gasteiger partial charge in [0.1, 0.15) is 5.82 Å². The topological polar surface area (TPSA) is 45.2 Å². The molecular formula is C15H19N3OS. The van der Waals surface area contributed by atoms with Gasteiger partial charge in [0.15, 0.2) is 0 Å². The second-order valence-electron chi connectivity index (χ2n) is 4.76. The summed E-state index contributed by atoms with van der Waals surface area (Å²) in [5.74, 6) is 0.625. The number of carbonyl (C=O) groups is 1. The zero-order valence-electron chi connectivity index (χ0n) is 12.0. The molecule has 1 N–H and O–H groups in total. The molecule has 5 heteroatoms. The lowest BCUT2D eigenvalue weighted by Crippen LogP contribution is -2.36. The third-order valence-electron chi connectivity index (χ3n) is 3.07. The van der Waals surface area contributed by atoms with Crippen molar-refractivity contribution in [3.8, 4) is 0 Å². The van der Waals surface area contributed by atoms with E-state index < -0.39 is 0 Å². The van der Waals surface area contributed by atoms with E-state index in [0.29, 0.717) is 17.9 Å². The summed E-state index contributed by atoms with van der Waals surface area (Å²) in [6.07, 6.45) is 1.68. The van der Waals surface area contributed by atoms with Crippen LogP contribution in [0.1, 0.15) is 29.1 Å². The van der Waals surface area contributed by atoms with Crippen molar-refractivity contribution >= 4 is 23.1 Å². The summed E-state index contributed by atoms with van der Waals surface area (Å²) in [6.45, 7) is 4.69. The van der Waals surface area contributed by atoms with Crippen molar-refractivity contribution in [2.75, 3.05) is 12.4 Å². The first-order valence-corrected chi connectivity index (χ1v) is 7.47. The highest BCUT2D eigenvalue weighted by Gasteiger charge is 2.22. The maximum absolute atomic E-state index is 12.7. The number of hydrogen-bond acceptors (Lipinski definition) is 4. The molecule has 2 aromatic rings. The molecule has 0 unspecified atom stereocenters. The van der Waals surface area contributed by atoms with E-state index >= 15 is 0 Å². The van der Waals surface area contributed by atoms with Crippen LogP contribution in [-0.4, -0.2) is 28.9 Å². The van der Waals surface area contributed by atoms with Crippen molar-refractivity contribution in [2.45, 2.75) is 26.4 Å². The summed E-state index contributed by atoms with van der Waals surface area (Å²) in [6, 6.07) is 7.79. The number of amides is 1. The highest BCUT2D eigenvalue weighted by molar-refractivity contribution is 7.09. The quantitative estimate of drug-likeness (QED) is 0.919. The lowest BCUT2D eigenvalue weighted by Gasteiger charge is -2.27. The lowest BCUT2D eigenvalue weighted by molar-refractivity contribution is 0.0693. The first kappa shape index (κ1) is 14.5. The molecule has 0 bridgehead atoms. The van der Waals surface area contributed by atoms with E-state index in [9.17, 15) is 4.79 Å². The van der Waals surface area contributed by atoms with Crippen LogP contribution >= 0.6 is 11.3 Å². The van der Waals surface area contributed by atoms with E-state index in [2.05, 4.69) is 16.4 Å². The Balaban J connectivity index is 2.27. The Morgan fingerprint density at radius 3 is 2.80 bits per heavy atom. The van der Waals surface area contributed by atoms with Gasteiger partial charge in [0.25, 0.3) is 5.91 Å². The van der Waals surface area contributed by atoms with Gasteiger partial charge < -0.3 is 10.2 Å². The van der Waals surface area contributed by atoms with Crippen molar-refractivity contribution in [1.82, 2.24) is 9.88 Å². The summed E-state index contributed by atoms with van der Waals surface area (Å²) in [5, 5.41) is 5.00. The second kappa shape index (κ2) is 6.52. The van der Waals surface area contributed by atoms with Crippen LogP contribution in [0, 0.1) is 0 Å². The normalized spacial score (nSPS) is 10.6. The van der Waals surface area contributed by atoms with Gasteiger partial charge in [-0.15, -0.1) is 11.3 Å².